The predicted molar refractivity (Wildman–Crippen MR) is 92.9 cm³/mol. The maximum atomic E-state index is 12.1. The molecule has 0 fully saturated rings. The Kier molecular flexibility index (Phi) is 5.04. The van der Waals surface area contributed by atoms with Crippen molar-refractivity contribution >= 4 is 22.6 Å². The quantitative estimate of drug-likeness (QED) is 0.912. The lowest BCUT2D eigenvalue weighted by Crippen LogP contribution is -2.48. The molecule has 1 unspecified atom stereocenters. The van der Waals surface area contributed by atoms with Crippen LogP contribution in [0.5, 0.6) is 0 Å². The molecule has 2 rings (SSSR count). The van der Waals surface area contributed by atoms with Gasteiger partial charge in [0.05, 0.1) is 0 Å². The van der Waals surface area contributed by atoms with Gasteiger partial charge >= 0.3 is 0 Å². The number of rotatable bonds is 4. The van der Waals surface area contributed by atoms with E-state index in [1.54, 1.807) is 6.92 Å². The summed E-state index contributed by atoms with van der Waals surface area (Å²) in [6.07, 6.45) is 0. The van der Waals surface area contributed by atoms with Gasteiger partial charge in [0.25, 0.3) is 0 Å². The summed E-state index contributed by atoms with van der Waals surface area (Å²) in [4.78, 5) is 24.0. The van der Waals surface area contributed by atoms with Crippen LogP contribution in [0.25, 0.3) is 10.8 Å². The second kappa shape index (κ2) is 6.82. The molecule has 2 aromatic rings. The number of hydrogen-bond acceptors (Lipinski definition) is 2. The van der Waals surface area contributed by atoms with Crippen molar-refractivity contribution in [3.05, 3.63) is 48.0 Å². The zero-order valence-corrected chi connectivity index (χ0v) is 14.1. The first-order chi connectivity index (χ1) is 10.8. The van der Waals surface area contributed by atoms with Crippen molar-refractivity contribution in [2.75, 3.05) is 0 Å². The first-order valence-electron chi connectivity index (χ1n) is 7.84. The van der Waals surface area contributed by atoms with Gasteiger partial charge in [0.2, 0.25) is 11.8 Å². The molecule has 2 N–H and O–H groups in total. The lowest BCUT2D eigenvalue weighted by molar-refractivity contribution is -0.133. The molecule has 2 amide bonds. The van der Waals surface area contributed by atoms with Crippen LogP contribution in [0.4, 0.5) is 0 Å². The number of fused-ring (bicyclic) bond motifs is 1. The Hall–Kier alpha value is -2.36. The fourth-order valence-electron chi connectivity index (χ4n) is 2.17. The summed E-state index contributed by atoms with van der Waals surface area (Å²) < 4.78 is 0. The minimum absolute atomic E-state index is 0.133. The first kappa shape index (κ1) is 17.0. The van der Waals surface area contributed by atoms with E-state index >= 15 is 0 Å². The molecule has 0 bridgehead atoms. The standard InChI is InChI=1S/C19H24N2O2/c1-13(21-18(23)19(2,3)4)17(22)20-12-14-9-10-15-7-5-6-8-16(15)11-14/h5-11,13H,12H2,1-4H3,(H,20,22)(H,21,23). The van der Waals surface area contributed by atoms with Gasteiger partial charge in [0.15, 0.2) is 0 Å². The van der Waals surface area contributed by atoms with E-state index in [2.05, 4.69) is 22.8 Å². The van der Waals surface area contributed by atoms with Crippen LogP contribution in [0, 0.1) is 5.41 Å². The average molecular weight is 312 g/mol. The summed E-state index contributed by atoms with van der Waals surface area (Å²) >= 11 is 0. The van der Waals surface area contributed by atoms with Gasteiger partial charge in [-0.1, -0.05) is 57.2 Å². The zero-order valence-electron chi connectivity index (χ0n) is 14.1. The van der Waals surface area contributed by atoms with Crippen LogP contribution >= 0.6 is 0 Å². The molecule has 23 heavy (non-hydrogen) atoms. The third-order valence-corrected chi connectivity index (χ3v) is 3.70. The van der Waals surface area contributed by atoms with E-state index < -0.39 is 11.5 Å². The van der Waals surface area contributed by atoms with E-state index in [0.717, 1.165) is 10.9 Å². The Bertz CT molecular complexity index is 717. The zero-order chi connectivity index (χ0) is 17.0. The molecule has 0 spiro atoms. The SMILES string of the molecule is CC(NC(=O)C(C)(C)C)C(=O)NCc1ccc2ccccc2c1. The van der Waals surface area contributed by atoms with Gasteiger partial charge in [-0.3, -0.25) is 9.59 Å². The molecule has 0 heterocycles. The molecule has 0 aliphatic heterocycles. The molecule has 2 aromatic carbocycles. The number of amides is 2. The topological polar surface area (TPSA) is 58.2 Å². The largest absolute Gasteiger partial charge is 0.350 e. The van der Waals surface area contributed by atoms with Crippen molar-refractivity contribution in [3.8, 4) is 0 Å². The smallest absolute Gasteiger partial charge is 0.242 e. The molecule has 122 valence electrons. The molecular weight excluding hydrogens is 288 g/mol. The van der Waals surface area contributed by atoms with Crippen LogP contribution in [0.3, 0.4) is 0 Å². The third kappa shape index (κ3) is 4.55. The maximum Gasteiger partial charge on any atom is 0.242 e. The Balaban J connectivity index is 1.93. The van der Waals surface area contributed by atoms with E-state index in [9.17, 15) is 9.59 Å². The Morgan fingerprint density at radius 2 is 1.70 bits per heavy atom. The molecule has 4 nitrogen and oxygen atoms in total. The molecule has 0 aromatic heterocycles. The monoisotopic (exact) mass is 312 g/mol. The third-order valence-electron chi connectivity index (χ3n) is 3.70. The van der Waals surface area contributed by atoms with E-state index in [0.29, 0.717) is 6.54 Å². The van der Waals surface area contributed by atoms with Crippen molar-refractivity contribution in [2.24, 2.45) is 5.41 Å². The van der Waals surface area contributed by atoms with E-state index in [1.807, 2.05) is 51.1 Å². The van der Waals surface area contributed by atoms with Crippen LogP contribution in [0.2, 0.25) is 0 Å². The number of carbonyl (C=O) groups is 2. The minimum atomic E-state index is -0.554. The van der Waals surface area contributed by atoms with Gasteiger partial charge in [-0.05, 0) is 29.3 Å². The van der Waals surface area contributed by atoms with Crippen LogP contribution in [0.1, 0.15) is 33.3 Å². The van der Waals surface area contributed by atoms with E-state index in [4.69, 9.17) is 0 Å². The molecule has 0 radical (unpaired) electrons. The van der Waals surface area contributed by atoms with Crippen LogP contribution in [0.15, 0.2) is 42.5 Å². The van der Waals surface area contributed by atoms with Gasteiger partial charge in [0, 0.05) is 12.0 Å². The summed E-state index contributed by atoms with van der Waals surface area (Å²) in [6.45, 7) is 7.60. The fraction of sp³-hybridized carbons (Fsp3) is 0.368. The van der Waals surface area contributed by atoms with Crippen LogP contribution in [-0.4, -0.2) is 17.9 Å². The summed E-state index contributed by atoms with van der Waals surface area (Å²) in [6, 6.07) is 13.7. The lowest BCUT2D eigenvalue weighted by Gasteiger charge is -2.21. The molecular formula is C19H24N2O2. The highest BCUT2D eigenvalue weighted by molar-refractivity contribution is 5.89. The number of carbonyl (C=O) groups excluding carboxylic acids is 2. The number of nitrogens with one attached hydrogen (secondary N) is 2. The van der Waals surface area contributed by atoms with Gasteiger partial charge in [-0.25, -0.2) is 0 Å². The van der Waals surface area contributed by atoms with Crippen molar-refractivity contribution in [2.45, 2.75) is 40.3 Å². The van der Waals surface area contributed by atoms with E-state index in [-0.39, 0.29) is 11.8 Å². The summed E-state index contributed by atoms with van der Waals surface area (Å²) in [5, 5.41) is 7.92. The number of benzene rings is 2. The average Bonchev–Trinajstić information content (AvgIpc) is 2.51. The van der Waals surface area contributed by atoms with Crippen molar-refractivity contribution in [1.82, 2.24) is 10.6 Å². The highest BCUT2D eigenvalue weighted by atomic mass is 16.2. The molecule has 1 atom stereocenters. The highest BCUT2D eigenvalue weighted by Crippen LogP contribution is 2.15. The molecule has 0 aliphatic rings. The maximum absolute atomic E-state index is 12.1. The first-order valence-corrected chi connectivity index (χ1v) is 7.84. The van der Waals surface area contributed by atoms with Crippen molar-refractivity contribution in [1.29, 1.82) is 0 Å². The molecule has 0 saturated heterocycles. The normalized spacial score (nSPS) is 12.7. The fourth-order valence-corrected chi connectivity index (χ4v) is 2.17. The van der Waals surface area contributed by atoms with E-state index in [1.165, 1.54) is 5.39 Å². The van der Waals surface area contributed by atoms with Crippen molar-refractivity contribution < 1.29 is 9.59 Å². The summed E-state index contributed by atoms with van der Waals surface area (Å²) in [5.41, 5.74) is 0.527. The highest BCUT2D eigenvalue weighted by Gasteiger charge is 2.24. The molecule has 0 saturated carbocycles. The summed E-state index contributed by atoms with van der Waals surface area (Å²) in [5.74, 6) is -0.318. The molecule has 0 aliphatic carbocycles. The molecule has 4 heteroatoms. The second-order valence-electron chi connectivity index (χ2n) is 6.84. The van der Waals surface area contributed by atoms with Crippen molar-refractivity contribution in [3.63, 3.8) is 0 Å². The predicted octanol–water partition coefficient (Wildman–Crippen LogP) is 3.01. The van der Waals surface area contributed by atoms with Crippen LogP contribution < -0.4 is 10.6 Å². The van der Waals surface area contributed by atoms with Gasteiger partial charge < -0.3 is 10.6 Å². The van der Waals surface area contributed by atoms with Gasteiger partial charge in [-0.2, -0.15) is 0 Å². The van der Waals surface area contributed by atoms with Gasteiger partial charge in [0.1, 0.15) is 6.04 Å². The summed E-state index contributed by atoms with van der Waals surface area (Å²) in [7, 11) is 0. The Morgan fingerprint density at radius 3 is 2.35 bits per heavy atom. The lowest BCUT2D eigenvalue weighted by atomic mass is 9.95. The number of hydrogen-bond donors (Lipinski definition) is 2. The van der Waals surface area contributed by atoms with Gasteiger partial charge in [-0.15, -0.1) is 0 Å². The Morgan fingerprint density at radius 1 is 1.04 bits per heavy atom. The minimum Gasteiger partial charge on any atom is -0.350 e. The van der Waals surface area contributed by atoms with Crippen LogP contribution in [-0.2, 0) is 16.1 Å². The Labute approximate surface area is 137 Å². The second-order valence-corrected chi connectivity index (χ2v) is 6.84.